The van der Waals surface area contributed by atoms with Gasteiger partial charge in [-0.05, 0) is 38.5 Å². The molecule has 0 aliphatic heterocycles. The molecule has 0 rings (SSSR count). The number of ether oxygens (including phenoxy) is 2. The molecule has 1 unspecified atom stereocenters. The number of carboxylic acids is 1. The highest BCUT2D eigenvalue weighted by Crippen LogP contribution is 2.43. The van der Waals surface area contributed by atoms with Crippen molar-refractivity contribution in [3.63, 3.8) is 0 Å². The average molecular weight is 830 g/mol. The van der Waals surface area contributed by atoms with Gasteiger partial charge in [-0.2, -0.15) is 0 Å². The summed E-state index contributed by atoms with van der Waals surface area (Å²) in [6.45, 7) is 2.77. The van der Waals surface area contributed by atoms with Crippen molar-refractivity contribution in [1.82, 2.24) is 0 Å². The molecular weight excluding hydrogens is 745 g/mol. The highest BCUT2D eigenvalue weighted by molar-refractivity contribution is 7.47. The van der Waals surface area contributed by atoms with Gasteiger partial charge in [-0.25, -0.2) is 4.57 Å². The molecule has 57 heavy (non-hydrogen) atoms. The fourth-order valence-electron chi connectivity index (χ4n) is 6.32. The molecule has 334 valence electrons. The minimum Gasteiger partial charge on any atom is -0.480 e. The summed E-state index contributed by atoms with van der Waals surface area (Å²) in [5.41, 5.74) is 5.34. The van der Waals surface area contributed by atoms with Crippen molar-refractivity contribution in [3.05, 3.63) is 24.3 Å². The van der Waals surface area contributed by atoms with Crippen LogP contribution >= 0.6 is 7.82 Å². The van der Waals surface area contributed by atoms with Crippen LogP contribution in [-0.4, -0.2) is 59.9 Å². The third-order valence-electron chi connectivity index (χ3n) is 9.95. The monoisotopic (exact) mass is 830 g/mol. The molecular formula is C45H84NO10P. The number of hydrogen-bond acceptors (Lipinski definition) is 9. The number of carbonyl (C=O) groups excluding carboxylic acids is 2. The minimum atomic E-state index is -4.72. The molecule has 11 nitrogen and oxygen atoms in total. The third kappa shape index (κ3) is 40.5. The van der Waals surface area contributed by atoms with Gasteiger partial charge < -0.3 is 25.2 Å². The van der Waals surface area contributed by atoms with Gasteiger partial charge in [-0.15, -0.1) is 0 Å². The summed E-state index contributed by atoms with van der Waals surface area (Å²) in [4.78, 5) is 46.0. The number of phosphoric acid groups is 1. The van der Waals surface area contributed by atoms with Crippen LogP contribution in [0.15, 0.2) is 24.3 Å². The van der Waals surface area contributed by atoms with E-state index in [2.05, 4.69) is 42.7 Å². The predicted molar refractivity (Wildman–Crippen MR) is 231 cm³/mol. The molecule has 4 N–H and O–H groups in total. The first kappa shape index (κ1) is 55.0. The van der Waals surface area contributed by atoms with Gasteiger partial charge in [0.1, 0.15) is 12.6 Å². The van der Waals surface area contributed by atoms with Crippen LogP contribution in [0.25, 0.3) is 0 Å². The second kappa shape index (κ2) is 40.7. The van der Waals surface area contributed by atoms with Crippen molar-refractivity contribution in [2.75, 3.05) is 19.8 Å². The molecule has 0 saturated carbocycles. The van der Waals surface area contributed by atoms with Crippen molar-refractivity contribution in [1.29, 1.82) is 0 Å². The van der Waals surface area contributed by atoms with Gasteiger partial charge in [0.05, 0.1) is 13.2 Å². The Balaban J connectivity index is 4.30. The minimum absolute atomic E-state index is 0.163. The number of nitrogens with two attached hydrogens (primary N) is 1. The number of rotatable bonds is 43. The second-order valence-corrected chi connectivity index (χ2v) is 17.0. The maximum absolute atomic E-state index is 12.6. The summed E-state index contributed by atoms with van der Waals surface area (Å²) in [6.07, 6.45) is 42.4. The molecule has 0 fully saturated rings. The van der Waals surface area contributed by atoms with Crippen LogP contribution in [-0.2, 0) is 37.5 Å². The Morgan fingerprint density at radius 1 is 0.544 bits per heavy atom. The normalized spacial score (nSPS) is 13.9. The van der Waals surface area contributed by atoms with E-state index in [0.717, 1.165) is 64.2 Å². The Morgan fingerprint density at radius 3 is 1.42 bits per heavy atom. The Labute approximate surface area is 347 Å². The lowest BCUT2D eigenvalue weighted by Gasteiger charge is -2.20. The summed E-state index contributed by atoms with van der Waals surface area (Å²) in [5, 5.41) is 8.89. The zero-order chi connectivity index (χ0) is 42.1. The quantitative estimate of drug-likeness (QED) is 0.0231. The molecule has 3 atom stereocenters. The Hall–Kier alpha value is -2.04. The Kier molecular flexibility index (Phi) is 39.3. The van der Waals surface area contributed by atoms with Crippen LogP contribution in [0.1, 0.15) is 213 Å². The SMILES string of the molecule is CCCC/C=C/C/C=C/CCCCCCCC(=O)OC[C@H](COP(=O)(O)OC[C@H](N)C(=O)O)OC(=O)CCCCCCCCCCCCCCCCCCCCC. The first-order valence-electron chi connectivity index (χ1n) is 22.9. The topological polar surface area (TPSA) is 172 Å². The maximum Gasteiger partial charge on any atom is 0.472 e. The molecule has 0 aliphatic carbocycles. The van der Waals surface area contributed by atoms with Gasteiger partial charge in [-0.1, -0.05) is 186 Å². The number of unbranched alkanes of at least 4 members (excludes halogenated alkanes) is 25. The zero-order valence-corrected chi connectivity index (χ0v) is 37.1. The van der Waals surface area contributed by atoms with Gasteiger partial charge >= 0.3 is 25.7 Å². The first-order valence-corrected chi connectivity index (χ1v) is 24.4. The second-order valence-electron chi connectivity index (χ2n) is 15.5. The van der Waals surface area contributed by atoms with E-state index in [1.165, 1.54) is 109 Å². The predicted octanol–water partition coefficient (Wildman–Crippen LogP) is 12.2. The van der Waals surface area contributed by atoms with Gasteiger partial charge in [0.2, 0.25) is 0 Å². The number of allylic oxidation sites excluding steroid dienone is 4. The molecule has 0 bridgehead atoms. The number of hydrogen-bond donors (Lipinski definition) is 3. The zero-order valence-electron chi connectivity index (χ0n) is 36.2. The summed E-state index contributed by atoms with van der Waals surface area (Å²) < 4.78 is 32.7. The highest BCUT2D eigenvalue weighted by atomic mass is 31.2. The van der Waals surface area contributed by atoms with Gasteiger partial charge in [-0.3, -0.25) is 23.4 Å². The van der Waals surface area contributed by atoms with Crippen molar-refractivity contribution in [2.45, 2.75) is 225 Å². The van der Waals surface area contributed by atoms with E-state index in [4.69, 9.17) is 24.8 Å². The van der Waals surface area contributed by atoms with E-state index in [-0.39, 0.29) is 19.4 Å². The molecule has 0 saturated heterocycles. The number of carboxylic acid groups (broad SMARTS) is 1. The van der Waals surface area contributed by atoms with E-state index >= 15 is 0 Å². The summed E-state index contributed by atoms with van der Waals surface area (Å²) in [5.74, 6) is -2.38. The molecule has 0 aliphatic rings. The van der Waals surface area contributed by atoms with Crippen molar-refractivity contribution in [2.24, 2.45) is 5.73 Å². The molecule has 0 radical (unpaired) electrons. The number of phosphoric ester groups is 1. The lowest BCUT2D eigenvalue weighted by molar-refractivity contribution is -0.161. The van der Waals surface area contributed by atoms with Crippen LogP contribution < -0.4 is 5.73 Å². The van der Waals surface area contributed by atoms with Crippen molar-refractivity contribution >= 4 is 25.7 Å². The lowest BCUT2D eigenvalue weighted by atomic mass is 10.0. The number of carbonyl (C=O) groups is 3. The molecule has 12 heteroatoms. The van der Waals surface area contributed by atoms with Gasteiger partial charge in [0.25, 0.3) is 0 Å². The van der Waals surface area contributed by atoms with Crippen molar-refractivity contribution in [3.8, 4) is 0 Å². The van der Waals surface area contributed by atoms with Crippen LogP contribution in [0, 0.1) is 0 Å². The molecule has 0 heterocycles. The first-order chi connectivity index (χ1) is 27.6. The standard InChI is InChI=1S/C45H84NO10P/c1-3-5-7-9-11-13-15-17-19-20-21-22-23-25-27-29-31-33-35-37-44(48)56-41(39-54-57(51,52)55-40-42(46)45(49)50)38-53-43(47)36-34-32-30-28-26-24-18-16-14-12-10-8-6-4-2/h10,12,16,18,41-42H,3-9,11,13-15,17,19-40,46H2,1-2H3,(H,49,50)(H,51,52)/b12-10+,18-16+/t41-,42+/m1/s1. The van der Waals surface area contributed by atoms with Crippen LogP contribution in [0.3, 0.4) is 0 Å². The summed E-state index contributed by atoms with van der Waals surface area (Å²) >= 11 is 0. The largest absolute Gasteiger partial charge is 0.480 e. The molecule has 0 aromatic heterocycles. The lowest BCUT2D eigenvalue weighted by Crippen LogP contribution is -2.34. The van der Waals surface area contributed by atoms with E-state index in [0.29, 0.717) is 12.8 Å². The van der Waals surface area contributed by atoms with E-state index in [1.54, 1.807) is 0 Å². The van der Waals surface area contributed by atoms with Crippen LogP contribution in [0.5, 0.6) is 0 Å². The summed E-state index contributed by atoms with van der Waals surface area (Å²) in [7, 11) is -4.72. The Bertz CT molecular complexity index is 1070. The third-order valence-corrected chi connectivity index (χ3v) is 10.9. The van der Waals surface area contributed by atoms with Crippen LogP contribution in [0.2, 0.25) is 0 Å². The van der Waals surface area contributed by atoms with E-state index in [1.807, 2.05) is 0 Å². The number of esters is 2. The smallest absolute Gasteiger partial charge is 0.472 e. The number of aliphatic carboxylic acids is 1. The molecule has 0 amide bonds. The fourth-order valence-corrected chi connectivity index (χ4v) is 7.10. The highest BCUT2D eigenvalue weighted by Gasteiger charge is 2.28. The molecule has 0 spiro atoms. The van der Waals surface area contributed by atoms with E-state index in [9.17, 15) is 23.8 Å². The van der Waals surface area contributed by atoms with Crippen LogP contribution in [0.4, 0.5) is 0 Å². The van der Waals surface area contributed by atoms with Gasteiger partial charge in [0.15, 0.2) is 6.10 Å². The van der Waals surface area contributed by atoms with E-state index < -0.39 is 51.1 Å². The maximum atomic E-state index is 12.6. The molecule has 0 aromatic rings. The average Bonchev–Trinajstić information content (AvgIpc) is 3.19. The van der Waals surface area contributed by atoms with Crippen molar-refractivity contribution < 1.29 is 47.5 Å². The summed E-state index contributed by atoms with van der Waals surface area (Å²) in [6, 6.07) is -1.52. The molecule has 0 aromatic carbocycles. The van der Waals surface area contributed by atoms with Gasteiger partial charge in [0, 0.05) is 12.8 Å². The fraction of sp³-hybridized carbons (Fsp3) is 0.844. The Morgan fingerprint density at radius 2 is 0.947 bits per heavy atom.